The number of benzene rings is 1. The standard InChI is InChI=1S/C22H17N5O4/c23-10-14-1-3-15(4-2-14)17-19(11-24,12-25)21(13-26)16-9-20(28-7-8-29-20)5-6-22(16,30-17)31-18(21)27/h1-4,16-17,27H,5-9H2. The van der Waals surface area contributed by atoms with Crippen molar-refractivity contribution in [1.82, 2.24) is 0 Å². The third kappa shape index (κ3) is 2.18. The number of ether oxygens (including phenoxy) is 4. The smallest absolute Gasteiger partial charge is 0.218 e. The number of hydrogen-bond donors (Lipinski definition) is 1. The van der Waals surface area contributed by atoms with Crippen LogP contribution in [0.25, 0.3) is 0 Å². The Morgan fingerprint density at radius 2 is 1.61 bits per heavy atom. The summed E-state index contributed by atoms with van der Waals surface area (Å²) < 4.78 is 24.0. The number of nitrogens with zero attached hydrogens (tertiary/aromatic N) is 4. The molecule has 1 aromatic carbocycles. The van der Waals surface area contributed by atoms with Crippen molar-refractivity contribution in [1.29, 1.82) is 26.5 Å². The molecule has 4 atom stereocenters. The summed E-state index contributed by atoms with van der Waals surface area (Å²) in [6.45, 7) is 0.821. The fourth-order valence-electron chi connectivity index (χ4n) is 5.58. The van der Waals surface area contributed by atoms with Gasteiger partial charge in [0.2, 0.25) is 17.1 Å². The highest BCUT2D eigenvalue weighted by atomic mass is 16.7. The third-order valence-corrected chi connectivity index (χ3v) is 7.07. The average molecular weight is 415 g/mol. The lowest BCUT2D eigenvalue weighted by Gasteiger charge is -2.54. The molecule has 154 valence electrons. The van der Waals surface area contributed by atoms with Crippen molar-refractivity contribution in [2.75, 3.05) is 13.2 Å². The zero-order chi connectivity index (χ0) is 21.9. The van der Waals surface area contributed by atoms with Crippen LogP contribution in [0.15, 0.2) is 24.3 Å². The van der Waals surface area contributed by atoms with E-state index in [1.165, 1.54) is 0 Å². The molecule has 0 radical (unpaired) electrons. The molecule has 4 fully saturated rings. The van der Waals surface area contributed by atoms with Crippen LogP contribution in [0.4, 0.5) is 0 Å². The van der Waals surface area contributed by atoms with Gasteiger partial charge < -0.3 is 18.9 Å². The fraction of sp³-hybridized carbons (Fsp3) is 0.500. The Kier molecular flexibility index (Phi) is 3.94. The van der Waals surface area contributed by atoms with Crippen LogP contribution in [0.3, 0.4) is 0 Å². The number of nitrogens with one attached hydrogen (secondary N) is 1. The largest absolute Gasteiger partial charge is 0.447 e. The molecule has 1 aromatic rings. The van der Waals surface area contributed by atoms with E-state index in [9.17, 15) is 15.8 Å². The summed E-state index contributed by atoms with van der Waals surface area (Å²) in [5, 5.41) is 48.7. The second-order valence-corrected chi connectivity index (χ2v) is 8.29. The first-order chi connectivity index (χ1) is 14.9. The summed E-state index contributed by atoms with van der Waals surface area (Å²) >= 11 is 0. The van der Waals surface area contributed by atoms with Gasteiger partial charge in [0.05, 0.1) is 49.0 Å². The Bertz CT molecular complexity index is 1120. The second-order valence-electron chi connectivity index (χ2n) is 8.29. The highest BCUT2D eigenvalue weighted by molar-refractivity contribution is 5.89. The van der Waals surface area contributed by atoms with Gasteiger partial charge in [-0.15, -0.1) is 0 Å². The zero-order valence-electron chi connectivity index (χ0n) is 16.4. The van der Waals surface area contributed by atoms with E-state index in [-0.39, 0.29) is 12.8 Å². The maximum Gasteiger partial charge on any atom is 0.218 e. The molecule has 3 aliphatic heterocycles. The molecule has 31 heavy (non-hydrogen) atoms. The minimum Gasteiger partial charge on any atom is -0.447 e. The molecule has 1 N–H and O–H groups in total. The molecule has 5 rings (SSSR count). The first kappa shape index (κ1) is 19.5. The fourth-order valence-corrected chi connectivity index (χ4v) is 5.58. The van der Waals surface area contributed by atoms with Crippen LogP contribution in [-0.2, 0) is 18.9 Å². The molecular weight excluding hydrogens is 398 g/mol. The maximum atomic E-state index is 10.4. The lowest BCUT2D eigenvalue weighted by atomic mass is 9.51. The van der Waals surface area contributed by atoms with Crippen molar-refractivity contribution in [3.8, 4) is 24.3 Å². The minimum atomic E-state index is -2.05. The minimum absolute atomic E-state index is 0.175. The first-order valence-electron chi connectivity index (χ1n) is 9.92. The summed E-state index contributed by atoms with van der Waals surface area (Å²) in [4.78, 5) is 0. The molecule has 1 spiro atoms. The van der Waals surface area contributed by atoms with Gasteiger partial charge in [0.25, 0.3) is 0 Å². The molecule has 9 nitrogen and oxygen atoms in total. The molecule has 0 aromatic heterocycles. The second kappa shape index (κ2) is 6.27. The molecule has 3 heterocycles. The Hall–Kier alpha value is -3.47. The summed E-state index contributed by atoms with van der Waals surface area (Å²) in [5.74, 6) is -3.51. The van der Waals surface area contributed by atoms with E-state index < -0.39 is 40.3 Å². The van der Waals surface area contributed by atoms with Gasteiger partial charge in [0.15, 0.2) is 11.2 Å². The molecule has 4 unspecified atom stereocenters. The Balaban J connectivity index is 1.70. The van der Waals surface area contributed by atoms with Crippen LogP contribution < -0.4 is 0 Å². The van der Waals surface area contributed by atoms with Gasteiger partial charge in [0, 0.05) is 19.3 Å². The van der Waals surface area contributed by atoms with Crippen LogP contribution >= 0.6 is 0 Å². The highest BCUT2D eigenvalue weighted by Crippen LogP contribution is 2.70. The topological polar surface area (TPSA) is 156 Å². The van der Waals surface area contributed by atoms with E-state index in [1.54, 1.807) is 24.3 Å². The van der Waals surface area contributed by atoms with Gasteiger partial charge in [-0.2, -0.15) is 21.0 Å². The van der Waals surface area contributed by atoms with Gasteiger partial charge in [0.1, 0.15) is 6.10 Å². The summed E-state index contributed by atoms with van der Waals surface area (Å²) in [6.07, 6.45) is -0.254. The third-order valence-electron chi connectivity index (χ3n) is 7.07. The van der Waals surface area contributed by atoms with Crippen molar-refractivity contribution < 1.29 is 18.9 Å². The van der Waals surface area contributed by atoms with E-state index in [0.717, 1.165) is 0 Å². The predicted molar refractivity (Wildman–Crippen MR) is 100 cm³/mol. The monoisotopic (exact) mass is 415 g/mol. The van der Waals surface area contributed by atoms with E-state index in [4.69, 9.17) is 29.6 Å². The summed E-state index contributed by atoms with van der Waals surface area (Å²) in [7, 11) is 0. The molecule has 3 saturated heterocycles. The number of hydrogen-bond acceptors (Lipinski definition) is 9. The molecule has 4 aliphatic rings. The quantitative estimate of drug-likeness (QED) is 0.733. The van der Waals surface area contributed by atoms with E-state index in [1.807, 2.05) is 18.2 Å². The SMILES string of the molecule is N#Cc1ccc(C2OC34CCC5(CC3C(C#N)(C(=N)O4)C2(C#N)C#N)OCCO5)cc1. The summed E-state index contributed by atoms with van der Waals surface area (Å²) in [6, 6.07) is 14.5. The molecule has 0 amide bonds. The first-order valence-corrected chi connectivity index (χ1v) is 9.92. The van der Waals surface area contributed by atoms with Crippen molar-refractivity contribution in [3.63, 3.8) is 0 Å². The molecule has 1 saturated carbocycles. The van der Waals surface area contributed by atoms with Gasteiger partial charge in [-0.25, -0.2) is 0 Å². The number of nitriles is 4. The zero-order valence-corrected chi connectivity index (χ0v) is 16.4. The average Bonchev–Trinajstić information content (AvgIpc) is 3.33. The van der Waals surface area contributed by atoms with Crippen LogP contribution in [0.2, 0.25) is 0 Å². The Morgan fingerprint density at radius 3 is 2.19 bits per heavy atom. The Labute approximate surface area is 178 Å². The van der Waals surface area contributed by atoms with E-state index >= 15 is 0 Å². The van der Waals surface area contributed by atoms with Crippen molar-refractivity contribution in [2.24, 2.45) is 16.7 Å². The van der Waals surface area contributed by atoms with Gasteiger partial charge in [-0.05, 0) is 17.7 Å². The normalized spacial score (nSPS) is 36.3. The van der Waals surface area contributed by atoms with Gasteiger partial charge in [-0.3, -0.25) is 5.41 Å². The molecule has 2 bridgehead atoms. The molecular formula is C22H17N5O4. The summed E-state index contributed by atoms with van der Waals surface area (Å²) in [5.41, 5.74) is -3.04. The highest BCUT2D eigenvalue weighted by Gasteiger charge is 2.82. The van der Waals surface area contributed by atoms with E-state index in [0.29, 0.717) is 30.8 Å². The van der Waals surface area contributed by atoms with Crippen molar-refractivity contribution >= 4 is 5.90 Å². The lowest BCUT2D eigenvalue weighted by Crippen LogP contribution is -2.63. The molecule has 1 aliphatic carbocycles. The maximum absolute atomic E-state index is 10.4. The van der Waals surface area contributed by atoms with Crippen LogP contribution in [0.1, 0.15) is 36.5 Å². The molecule has 9 heteroatoms. The number of rotatable bonds is 1. The van der Waals surface area contributed by atoms with Crippen LogP contribution in [0.5, 0.6) is 0 Å². The predicted octanol–water partition coefficient (Wildman–Crippen LogP) is 2.42. The van der Waals surface area contributed by atoms with Crippen LogP contribution in [-0.4, -0.2) is 30.7 Å². The van der Waals surface area contributed by atoms with Crippen molar-refractivity contribution in [2.45, 2.75) is 36.9 Å². The van der Waals surface area contributed by atoms with Gasteiger partial charge >= 0.3 is 0 Å². The van der Waals surface area contributed by atoms with E-state index in [2.05, 4.69) is 6.07 Å². The van der Waals surface area contributed by atoms with Gasteiger partial charge in [-0.1, -0.05) is 12.1 Å². The van der Waals surface area contributed by atoms with Crippen LogP contribution in [0, 0.1) is 67.5 Å². The Morgan fingerprint density at radius 1 is 0.935 bits per heavy atom. The lowest BCUT2D eigenvalue weighted by molar-refractivity contribution is -0.330. The van der Waals surface area contributed by atoms with Crippen molar-refractivity contribution in [3.05, 3.63) is 35.4 Å².